The number of amides is 1. The number of nitrogens with one attached hydrogen (secondary N) is 1. The molecule has 1 atom stereocenters. The summed E-state index contributed by atoms with van der Waals surface area (Å²) in [5.41, 5.74) is 6.21. The van der Waals surface area contributed by atoms with Crippen molar-refractivity contribution in [1.29, 1.82) is 0 Å². The quantitative estimate of drug-likeness (QED) is 0.895. The van der Waals surface area contributed by atoms with Crippen LogP contribution in [-0.4, -0.2) is 10.9 Å². The number of anilines is 1. The molecule has 0 aliphatic rings. The molecular formula is C12H12FN3OS. The Hall–Kier alpha value is -1.95. The number of thiophene rings is 1. The van der Waals surface area contributed by atoms with Crippen molar-refractivity contribution in [2.24, 2.45) is 0 Å². The Balaban J connectivity index is 2.15. The fourth-order valence-electron chi connectivity index (χ4n) is 1.51. The van der Waals surface area contributed by atoms with E-state index < -0.39 is 11.7 Å². The van der Waals surface area contributed by atoms with E-state index in [1.54, 1.807) is 11.3 Å². The van der Waals surface area contributed by atoms with Crippen molar-refractivity contribution in [2.45, 2.75) is 13.0 Å². The van der Waals surface area contributed by atoms with Crippen LogP contribution in [0.1, 0.15) is 28.9 Å². The van der Waals surface area contributed by atoms with Crippen LogP contribution in [0.15, 0.2) is 29.1 Å². The summed E-state index contributed by atoms with van der Waals surface area (Å²) < 4.78 is 13.6. The number of aromatic nitrogens is 1. The molecule has 2 aromatic heterocycles. The van der Waals surface area contributed by atoms with Gasteiger partial charge in [-0.25, -0.2) is 9.37 Å². The van der Waals surface area contributed by atoms with Crippen LogP contribution in [0.25, 0.3) is 0 Å². The van der Waals surface area contributed by atoms with E-state index in [0.717, 1.165) is 5.56 Å². The third-order valence-corrected chi connectivity index (χ3v) is 3.25. The van der Waals surface area contributed by atoms with Crippen molar-refractivity contribution < 1.29 is 9.18 Å². The van der Waals surface area contributed by atoms with E-state index in [-0.39, 0.29) is 17.4 Å². The van der Waals surface area contributed by atoms with Crippen LogP contribution < -0.4 is 11.1 Å². The second-order valence-corrected chi connectivity index (χ2v) is 4.59. The van der Waals surface area contributed by atoms with Crippen molar-refractivity contribution in [2.75, 3.05) is 5.73 Å². The lowest BCUT2D eigenvalue weighted by atomic mass is 10.1. The summed E-state index contributed by atoms with van der Waals surface area (Å²) in [7, 11) is 0. The minimum Gasteiger partial charge on any atom is -0.381 e. The molecule has 0 radical (unpaired) electrons. The Morgan fingerprint density at radius 2 is 2.33 bits per heavy atom. The maximum absolute atomic E-state index is 13.6. The number of carbonyl (C=O) groups is 1. The molecule has 2 rings (SSSR count). The van der Waals surface area contributed by atoms with Crippen LogP contribution in [0.5, 0.6) is 0 Å². The molecule has 0 aromatic carbocycles. The van der Waals surface area contributed by atoms with E-state index in [1.807, 2.05) is 23.8 Å². The summed E-state index contributed by atoms with van der Waals surface area (Å²) in [5, 5.41) is 6.56. The Morgan fingerprint density at radius 3 is 3.00 bits per heavy atom. The maximum atomic E-state index is 13.6. The number of nitrogens with two attached hydrogens (primary N) is 1. The average molecular weight is 265 g/mol. The highest BCUT2D eigenvalue weighted by molar-refractivity contribution is 7.07. The van der Waals surface area contributed by atoms with Crippen LogP contribution in [0.2, 0.25) is 0 Å². The molecule has 1 unspecified atom stereocenters. The third-order valence-electron chi connectivity index (χ3n) is 2.55. The highest BCUT2D eigenvalue weighted by Gasteiger charge is 2.17. The second-order valence-electron chi connectivity index (χ2n) is 3.81. The zero-order valence-corrected chi connectivity index (χ0v) is 10.5. The topological polar surface area (TPSA) is 68.0 Å². The SMILES string of the molecule is CC(NC(=O)c1ccnc(N)c1F)c1ccsc1. The minimum absolute atomic E-state index is 0.0930. The molecule has 0 spiro atoms. The summed E-state index contributed by atoms with van der Waals surface area (Å²) in [6, 6.07) is 3.03. The molecule has 0 aliphatic carbocycles. The number of pyridine rings is 1. The molecule has 2 heterocycles. The first-order valence-corrected chi connectivity index (χ1v) is 6.27. The number of halogens is 1. The zero-order chi connectivity index (χ0) is 13.1. The van der Waals surface area contributed by atoms with Gasteiger partial charge in [-0.1, -0.05) is 0 Å². The number of nitrogen functional groups attached to an aromatic ring is 1. The molecule has 1 amide bonds. The fourth-order valence-corrected chi connectivity index (χ4v) is 2.27. The van der Waals surface area contributed by atoms with E-state index >= 15 is 0 Å². The first-order valence-electron chi connectivity index (χ1n) is 5.32. The third kappa shape index (κ3) is 2.48. The predicted molar refractivity (Wildman–Crippen MR) is 68.8 cm³/mol. The average Bonchev–Trinajstić information content (AvgIpc) is 2.86. The number of nitrogens with zero attached hydrogens (tertiary/aromatic N) is 1. The van der Waals surface area contributed by atoms with Gasteiger partial charge < -0.3 is 11.1 Å². The molecule has 6 heteroatoms. The van der Waals surface area contributed by atoms with E-state index in [4.69, 9.17) is 5.73 Å². The van der Waals surface area contributed by atoms with Gasteiger partial charge in [0.1, 0.15) is 0 Å². The first-order chi connectivity index (χ1) is 8.59. The van der Waals surface area contributed by atoms with E-state index in [1.165, 1.54) is 12.3 Å². The van der Waals surface area contributed by atoms with Gasteiger partial charge in [-0.05, 0) is 35.4 Å². The number of hydrogen-bond donors (Lipinski definition) is 2. The van der Waals surface area contributed by atoms with Gasteiger partial charge in [-0.3, -0.25) is 4.79 Å². The van der Waals surface area contributed by atoms with Gasteiger partial charge in [-0.2, -0.15) is 11.3 Å². The molecule has 4 nitrogen and oxygen atoms in total. The highest BCUT2D eigenvalue weighted by atomic mass is 32.1. The Bertz CT molecular complexity index is 556. The molecule has 94 valence electrons. The van der Waals surface area contributed by atoms with Crippen molar-refractivity contribution in [3.8, 4) is 0 Å². The summed E-state index contributed by atoms with van der Waals surface area (Å²) in [6.45, 7) is 1.84. The van der Waals surface area contributed by atoms with Crippen LogP contribution in [0.3, 0.4) is 0 Å². The smallest absolute Gasteiger partial charge is 0.254 e. The van der Waals surface area contributed by atoms with Crippen LogP contribution in [-0.2, 0) is 0 Å². The number of carbonyl (C=O) groups excluding carboxylic acids is 1. The molecule has 0 bridgehead atoms. The molecule has 3 N–H and O–H groups in total. The van der Waals surface area contributed by atoms with Crippen molar-refractivity contribution in [1.82, 2.24) is 10.3 Å². The predicted octanol–water partition coefficient (Wildman–Crippen LogP) is 2.36. The van der Waals surface area contributed by atoms with Gasteiger partial charge in [0.2, 0.25) is 0 Å². The van der Waals surface area contributed by atoms with Crippen LogP contribution in [0.4, 0.5) is 10.2 Å². The van der Waals surface area contributed by atoms with Crippen LogP contribution in [0, 0.1) is 5.82 Å². The van der Waals surface area contributed by atoms with E-state index in [0.29, 0.717) is 0 Å². The standard InChI is InChI=1S/C12H12FN3OS/c1-7(8-3-5-18-6-8)16-12(17)9-2-4-15-11(14)10(9)13/h2-7H,1H3,(H2,14,15)(H,16,17). The van der Waals surface area contributed by atoms with Gasteiger partial charge in [0, 0.05) is 6.20 Å². The molecule has 0 saturated heterocycles. The number of rotatable bonds is 3. The van der Waals surface area contributed by atoms with Gasteiger partial charge >= 0.3 is 0 Å². The lowest BCUT2D eigenvalue weighted by Gasteiger charge is -2.13. The van der Waals surface area contributed by atoms with Gasteiger partial charge in [0.15, 0.2) is 11.6 Å². The molecule has 0 fully saturated rings. The van der Waals surface area contributed by atoms with Crippen molar-refractivity contribution in [3.63, 3.8) is 0 Å². The first kappa shape index (κ1) is 12.5. The fraction of sp³-hybridized carbons (Fsp3) is 0.167. The van der Waals surface area contributed by atoms with Crippen LogP contribution >= 0.6 is 11.3 Å². The van der Waals surface area contributed by atoms with E-state index in [9.17, 15) is 9.18 Å². The summed E-state index contributed by atoms with van der Waals surface area (Å²) in [4.78, 5) is 15.5. The monoisotopic (exact) mass is 265 g/mol. The Labute approximate surface area is 108 Å². The van der Waals surface area contributed by atoms with Gasteiger partial charge in [0.25, 0.3) is 5.91 Å². The Morgan fingerprint density at radius 1 is 1.56 bits per heavy atom. The molecule has 18 heavy (non-hydrogen) atoms. The second kappa shape index (κ2) is 5.14. The molecule has 0 saturated carbocycles. The summed E-state index contributed by atoms with van der Waals surface area (Å²) in [5.74, 6) is -1.56. The lowest BCUT2D eigenvalue weighted by molar-refractivity contribution is 0.0936. The van der Waals surface area contributed by atoms with Crippen molar-refractivity contribution in [3.05, 3.63) is 46.0 Å². The Kier molecular flexibility index (Phi) is 3.57. The minimum atomic E-state index is -0.785. The molecule has 0 aliphatic heterocycles. The maximum Gasteiger partial charge on any atom is 0.254 e. The largest absolute Gasteiger partial charge is 0.381 e. The molecular weight excluding hydrogens is 253 g/mol. The van der Waals surface area contributed by atoms with Gasteiger partial charge in [-0.15, -0.1) is 0 Å². The van der Waals surface area contributed by atoms with Gasteiger partial charge in [0.05, 0.1) is 11.6 Å². The highest BCUT2D eigenvalue weighted by Crippen LogP contribution is 2.17. The number of hydrogen-bond acceptors (Lipinski definition) is 4. The van der Waals surface area contributed by atoms with Crippen molar-refractivity contribution >= 4 is 23.1 Å². The summed E-state index contributed by atoms with van der Waals surface area (Å²) >= 11 is 1.54. The molecule has 2 aromatic rings. The summed E-state index contributed by atoms with van der Waals surface area (Å²) in [6.07, 6.45) is 1.31. The lowest BCUT2D eigenvalue weighted by Crippen LogP contribution is -2.27. The zero-order valence-electron chi connectivity index (χ0n) is 9.68. The normalized spacial score (nSPS) is 12.1. The van der Waals surface area contributed by atoms with E-state index in [2.05, 4.69) is 10.3 Å².